The van der Waals surface area contributed by atoms with Gasteiger partial charge in [0, 0.05) is 6.04 Å². The second-order valence-corrected chi connectivity index (χ2v) is 4.72. The summed E-state index contributed by atoms with van der Waals surface area (Å²) in [5.41, 5.74) is 8.72. The van der Waals surface area contributed by atoms with Crippen molar-refractivity contribution in [3.05, 3.63) is 41.5 Å². The molecule has 1 aliphatic carbocycles. The molecule has 1 saturated carbocycles. The van der Waals surface area contributed by atoms with Crippen molar-refractivity contribution >= 4 is 6.08 Å². The molecule has 1 nitrogen and oxygen atoms in total. The summed E-state index contributed by atoms with van der Waals surface area (Å²) in [6.07, 6.45) is 3.47. The fourth-order valence-electron chi connectivity index (χ4n) is 2.04. The molecule has 0 aromatic heterocycles. The molecule has 1 heteroatoms. The zero-order chi connectivity index (χ0) is 10.8. The van der Waals surface area contributed by atoms with Crippen molar-refractivity contribution in [2.45, 2.75) is 26.3 Å². The van der Waals surface area contributed by atoms with Crippen LogP contribution in [0.2, 0.25) is 0 Å². The summed E-state index contributed by atoms with van der Waals surface area (Å²) in [5, 5.41) is 0. The predicted molar refractivity (Wildman–Crippen MR) is 65.3 cm³/mol. The molecule has 1 fully saturated rings. The molecule has 0 amide bonds. The largest absolute Gasteiger partial charge is 0.327 e. The minimum Gasteiger partial charge on any atom is -0.327 e. The first-order valence-electron chi connectivity index (χ1n) is 5.70. The molecule has 1 aromatic rings. The van der Waals surface area contributed by atoms with Crippen LogP contribution in [0.4, 0.5) is 0 Å². The summed E-state index contributed by atoms with van der Waals surface area (Å²) >= 11 is 0. The van der Waals surface area contributed by atoms with E-state index in [0.717, 1.165) is 6.42 Å². The Balaban J connectivity index is 2.21. The first-order chi connectivity index (χ1) is 7.18. The van der Waals surface area contributed by atoms with E-state index < -0.39 is 0 Å². The van der Waals surface area contributed by atoms with Crippen LogP contribution in [-0.4, -0.2) is 6.04 Å². The Morgan fingerprint density at radius 1 is 1.33 bits per heavy atom. The van der Waals surface area contributed by atoms with Gasteiger partial charge in [0.25, 0.3) is 0 Å². The molecule has 0 bridgehead atoms. The van der Waals surface area contributed by atoms with Crippen LogP contribution in [0, 0.1) is 11.8 Å². The monoisotopic (exact) mass is 201 g/mol. The molecule has 0 spiro atoms. The highest BCUT2D eigenvalue weighted by Crippen LogP contribution is 2.39. The van der Waals surface area contributed by atoms with Crippen molar-refractivity contribution in [2.75, 3.05) is 0 Å². The number of rotatable bonds is 3. The molecule has 15 heavy (non-hydrogen) atoms. The Bertz CT molecular complexity index is 351. The molecule has 0 heterocycles. The highest BCUT2D eigenvalue weighted by atomic mass is 14.7. The maximum atomic E-state index is 5.92. The van der Waals surface area contributed by atoms with E-state index in [1.54, 1.807) is 0 Å². The van der Waals surface area contributed by atoms with Gasteiger partial charge >= 0.3 is 0 Å². The minimum atomic E-state index is 0.405. The van der Waals surface area contributed by atoms with Gasteiger partial charge in [-0.2, -0.15) is 0 Å². The van der Waals surface area contributed by atoms with E-state index in [1.807, 2.05) is 0 Å². The normalized spacial score (nSPS) is 25.7. The van der Waals surface area contributed by atoms with E-state index in [9.17, 15) is 0 Å². The lowest BCUT2D eigenvalue weighted by atomic mass is 9.96. The smallest absolute Gasteiger partial charge is 0.0112 e. The Kier molecular flexibility index (Phi) is 2.92. The van der Waals surface area contributed by atoms with Gasteiger partial charge in [-0.3, -0.25) is 0 Å². The Labute approximate surface area is 92.0 Å². The molecule has 1 unspecified atom stereocenters. The third-order valence-electron chi connectivity index (χ3n) is 3.07. The van der Waals surface area contributed by atoms with Gasteiger partial charge in [-0.1, -0.05) is 55.8 Å². The Morgan fingerprint density at radius 3 is 2.40 bits per heavy atom. The lowest BCUT2D eigenvalue weighted by Crippen LogP contribution is -2.06. The molecule has 2 rings (SSSR count). The molecular formula is C14H19N. The van der Waals surface area contributed by atoms with Crippen LogP contribution in [0.5, 0.6) is 0 Å². The van der Waals surface area contributed by atoms with Crippen LogP contribution >= 0.6 is 0 Å². The maximum Gasteiger partial charge on any atom is 0.0112 e. The quantitative estimate of drug-likeness (QED) is 0.799. The molecule has 0 saturated heterocycles. The fraction of sp³-hybridized carbons (Fsp3) is 0.429. The van der Waals surface area contributed by atoms with Gasteiger partial charge < -0.3 is 5.73 Å². The Hall–Kier alpha value is -1.08. The lowest BCUT2D eigenvalue weighted by Gasteiger charge is -2.10. The summed E-state index contributed by atoms with van der Waals surface area (Å²) in [4.78, 5) is 0. The summed E-state index contributed by atoms with van der Waals surface area (Å²) in [6.45, 7) is 4.50. The highest BCUT2D eigenvalue weighted by molar-refractivity contribution is 5.55. The molecule has 80 valence electrons. The second kappa shape index (κ2) is 4.19. The molecular weight excluding hydrogens is 182 g/mol. The van der Waals surface area contributed by atoms with E-state index >= 15 is 0 Å². The van der Waals surface area contributed by atoms with E-state index in [4.69, 9.17) is 5.73 Å². The van der Waals surface area contributed by atoms with Crippen LogP contribution in [0.3, 0.4) is 0 Å². The minimum absolute atomic E-state index is 0.405. The summed E-state index contributed by atoms with van der Waals surface area (Å²) in [6, 6.07) is 10.9. The van der Waals surface area contributed by atoms with E-state index in [0.29, 0.717) is 17.9 Å². The van der Waals surface area contributed by atoms with Gasteiger partial charge in [-0.05, 0) is 23.8 Å². The number of benzene rings is 1. The average Bonchev–Trinajstić information content (AvgIpc) is 2.93. The second-order valence-electron chi connectivity index (χ2n) is 4.72. The zero-order valence-electron chi connectivity index (χ0n) is 9.48. The van der Waals surface area contributed by atoms with Crippen LogP contribution in [0.15, 0.2) is 35.9 Å². The van der Waals surface area contributed by atoms with Gasteiger partial charge in [-0.15, -0.1) is 0 Å². The van der Waals surface area contributed by atoms with Crippen molar-refractivity contribution in [1.29, 1.82) is 0 Å². The Morgan fingerprint density at radius 2 is 1.93 bits per heavy atom. The number of nitrogens with two attached hydrogens (primary N) is 1. The molecule has 0 aliphatic heterocycles. The summed E-state index contributed by atoms with van der Waals surface area (Å²) in [7, 11) is 0. The van der Waals surface area contributed by atoms with Crippen molar-refractivity contribution in [3.63, 3.8) is 0 Å². The van der Waals surface area contributed by atoms with Crippen LogP contribution in [0.1, 0.15) is 25.8 Å². The van der Waals surface area contributed by atoms with Crippen LogP contribution in [0.25, 0.3) is 6.08 Å². The molecule has 1 aromatic carbocycles. The third kappa shape index (κ3) is 2.48. The first-order valence-corrected chi connectivity index (χ1v) is 5.70. The lowest BCUT2D eigenvalue weighted by molar-refractivity contribution is 0.699. The average molecular weight is 201 g/mol. The van der Waals surface area contributed by atoms with Gasteiger partial charge in [0.15, 0.2) is 0 Å². The number of hydrogen-bond donors (Lipinski definition) is 1. The third-order valence-corrected chi connectivity index (χ3v) is 3.07. The summed E-state index contributed by atoms with van der Waals surface area (Å²) in [5.74, 6) is 1.23. The van der Waals surface area contributed by atoms with Crippen LogP contribution in [-0.2, 0) is 0 Å². The van der Waals surface area contributed by atoms with Gasteiger partial charge in [0.1, 0.15) is 0 Å². The van der Waals surface area contributed by atoms with Gasteiger partial charge in [-0.25, -0.2) is 0 Å². The van der Waals surface area contributed by atoms with Crippen molar-refractivity contribution in [1.82, 2.24) is 0 Å². The SMILES string of the molecule is CC(C)C(=Cc1ccccc1)[C@@H]1CC1N. The van der Waals surface area contributed by atoms with E-state index in [2.05, 4.69) is 50.3 Å². The summed E-state index contributed by atoms with van der Waals surface area (Å²) < 4.78 is 0. The standard InChI is InChI=1S/C14H19N/c1-10(2)12(13-9-14(13)15)8-11-6-4-3-5-7-11/h3-8,10,13-14H,9,15H2,1-2H3/t13-,14?/m0/s1. The molecule has 2 atom stereocenters. The number of hydrogen-bond acceptors (Lipinski definition) is 1. The van der Waals surface area contributed by atoms with E-state index in [-0.39, 0.29) is 0 Å². The van der Waals surface area contributed by atoms with Crippen molar-refractivity contribution in [3.8, 4) is 0 Å². The maximum absolute atomic E-state index is 5.92. The molecule has 1 aliphatic rings. The molecule has 2 N–H and O–H groups in total. The predicted octanol–water partition coefficient (Wildman–Crippen LogP) is 3.07. The van der Waals surface area contributed by atoms with E-state index in [1.165, 1.54) is 11.1 Å². The topological polar surface area (TPSA) is 26.0 Å². The van der Waals surface area contributed by atoms with Gasteiger partial charge in [0.2, 0.25) is 0 Å². The van der Waals surface area contributed by atoms with Crippen molar-refractivity contribution < 1.29 is 0 Å². The first kappa shape index (κ1) is 10.4. The zero-order valence-corrected chi connectivity index (χ0v) is 9.48. The molecule has 0 radical (unpaired) electrons. The van der Waals surface area contributed by atoms with Gasteiger partial charge in [0.05, 0.1) is 0 Å². The van der Waals surface area contributed by atoms with Crippen LogP contribution < -0.4 is 5.73 Å². The fourth-order valence-corrected chi connectivity index (χ4v) is 2.04. The highest BCUT2D eigenvalue weighted by Gasteiger charge is 2.37. The van der Waals surface area contributed by atoms with Crippen molar-refractivity contribution in [2.24, 2.45) is 17.6 Å².